The van der Waals surface area contributed by atoms with Gasteiger partial charge in [0.1, 0.15) is 6.67 Å². The third kappa shape index (κ3) is 2.55. The summed E-state index contributed by atoms with van der Waals surface area (Å²) < 4.78 is -0.233. The van der Waals surface area contributed by atoms with Crippen LogP contribution >= 0.6 is 0 Å². The summed E-state index contributed by atoms with van der Waals surface area (Å²) in [5.41, 5.74) is 0.229. The number of amides is 4. The molecule has 10 nitrogen and oxygen atoms in total. The van der Waals surface area contributed by atoms with Gasteiger partial charge < -0.3 is 5.32 Å². The van der Waals surface area contributed by atoms with Gasteiger partial charge in [-0.25, -0.2) is 14.2 Å². The molecule has 1 N–H and O–H groups in total. The molecule has 2 bridgehead atoms. The van der Waals surface area contributed by atoms with Crippen molar-refractivity contribution in [2.45, 2.75) is 32.0 Å². The second-order valence-corrected chi connectivity index (χ2v) is 8.67. The highest BCUT2D eigenvalue weighted by Gasteiger charge is 2.73. The van der Waals surface area contributed by atoms with Crippen molar-refractivity contribution >= 4 is 40.0 Å². The fourth-order valence-electron chi connectivity index (χ4n) is 5.26. The molecule has 5 rings (SSSR count). The number of rotatable bonds is 4. The van der Waals surface area contributed by atoms with Crippen LogP contribution < -0.4 is 10.2 Å². The minimum Gasteiger partial charge on any atom is -0.349 e. The zero-order chi connectivity index (χ0) is 22.1. The molecule has 3 unspecified atom stereocenters. The van der Waals surface area contributed by atoms with E-state index in [4.69, 9.17) is 0 Å². The molecular weight excluding hydrogens is 402 g/mol. The van der Waals surface area contributed by atoms with Crippen molar-refractivity contribution in [2.75, 3.05) is 24.7 Å². The Morgan fingerprint density at radius 2 is 1.87 bits per heavy atom. The van der Waals surface area contributed by atoms with Gasteiger partial charge in [-0.3, -0.25) is 19.7 Å². The topological polar surface area (TPSA) is 113 Å². The summed E-state index contributed by atoms with van der Waals surface area (Å²) in [5, 5.41) is 15.1. The van der Waals surface area contributed by atoms with E-state index in [-0.39, 0.29) is 28.0 Å². The highest BCUT2D eigenvalue weighted by molar-refractivity contribution is 6.22. The van der Waals surface area contributed by atoms with Gasteiger partial charge in [-0.1, -0.05) is 18.2 Å². The van der Waals surface area contributed by atoms with E-state index >= 15 is 0 Å². The first kappa shape index (κ1) is 19.6. The summed E-state index contributed by atoms with van der Waals surface area (Å²) in [6.07, 6.45) is 0. The van der Waals surface area contributed by atoms with Gasteiger partial charge in [0.2, 0.25) is 0 Å². The van der Waals surface area contributed by atoms with Gasteiger partial charge in [0.05, 0.1) is 29.1 Å². The summed E-state index contributed by atoms with van der Waals surface area (Å²) in [6.45, 7) is 4.85. The Balaban J connectivity index is 1.62. The number of urea groups is 1. The molecule has 0 aliphatic carbocycles. The Bertz CT molecular complexity index is 1160. The number of benzene rings is 2. The zero-order valence-corrected chi connectivity index (χ0v) is 17.1. The summed E-state index contributed by atoms with van der Waals surface area (Å²) in [5.74, 6) is -0.604. The lowest BCUT2D eigenvalue weighted by atomic mass is 10.1. The van der Waals surface area contributed by atoms with Crippen LogP contribution in [0, 0.1) is 10.1 Å². The van der Waals surface area contributed by atoms with Crippen LogP contribution in [0.4, 0.5) is 16.2 Å². The summed E-state index contributed by atoms with van der Waals surface area (Å²) in [4.78, 5) is 54.2. The minimum absolute atomic E-state index is 0.0809. The van der Waals surface area contributed by atoms with Crippen LogP contribution in [0.15, 0.2) is 36.4 Å². The maximum Gasteiger partial charge on any atom is 0.433 e. The standard InChI is InChI=1S/C21H21N5O5/c1-12(2)22-19(27)17-9-23-10-18-20(28)24(21(29)26(17,18)11-23)15-7-8-16(25(30)31)14-6-4-3-5-13(14)15/h3-8,12,17-18H,9-11H2,1-2H3/p+1. The fourth-order valence-corrected chi connectivity index (χ4v) is 5.26. The first-order chi connectivity index (χ1) is 14.8. The predicted octanol–water partition coefficient (Wildman–Crippen LogP) is 1.58. The Morgan fingerprint density at radius 3 is 2.55 bits per heavy atom. The lowest BCUT2D eigenvalue weighted by molar-refractivity contribution is -0.853. The summed E-state index contributed by atoms with van der Waals surface area (Å²) in [6, 6.07) is 7.59. The van der Waals surface area contributed by atoms with Crippen molar-refractivity contribution in [3.8, 4) is 0 Å². The number of nitro benzene ring substituents is 1. The molecule has 3 saturated heterocycles. The van der Waals surface area contributed by atoms with E-state index in [2.05, 4.69) is 5.32 Å². The average molecular weight is 424 g/mol. The molecule has 2 aromatic carbocycles. The van der Waals surface area contributed by atoms with Crippen LogP contribution in [0.5, 0.6) is 0 Å². The van der Waals surface area contributed by atoms with Gasteiger partial charge in [-0.15, -0.1) is 0 Å². The van der Waals surface area contributed by atoms with Gasteiger partial charge in [0, 0.05) is 17.5 Å². The molecular formula is C21H22N5O5+. The highest BCUT2D eigenvalue weighted by atomic mass is 16.6. The largest absolute Gasteiger partial charge is 0.433 e. The molecule has 1 spiro atoms. The van der Waals surface area contributed by atoms with Crippen LogP contribution in [0.2, 0.25) is 0 Å². The molecule has 0 saturated carbocycles. The van der Waals surface area contributed by atoms with Gasteiger partial charge in [0.25, 0.3) is 17.5 Å². The third-order valence-electron chi connectivity index (χ3n) is 6.51. The van der Waals surface area contributed by atoms with Crippen molar-refractivity contribution in [1.29, 1.82) is 0 Å². The molecule has 10 heteroatoms. The third-order valence-corrected chi connectivity index (χ3v) is 6.51. The number of hydrogen-bond acceptors (Lipinski definition) is 6. The number of carbonyl (C=O) groups is 3. The van der Waals surface area contributed by atoms with Crippen LogP contribution in [0.25, 0.3) is 10.8 Å². The number of nitrogens with one attached hydrogen (secondary N) is 1. The normalized spacial score (nSPS) is 29.1. The number of fused-ring (bicyclic) bond motifs is 2. The molecule has 0 radical (unpaired) electrons. The smallest absolute Gasteiger partial charge is 0.349 e. The number of piperazine rings is 1. The van der Waals surface area contributed by atoms with Gasteiger partial charge in [-0.2, -0.15) is 4.90 Å². The molecule has 0 aromatic heterocycles. The predicted molar refractivity (Wildman–Crippen MR) is 111 cm³/mol. The highest BCUT2D eigenvalue weighted by Crippen LogP contribution is 2.45. The molecule has 4 amide bonds. The number of non-ortho nitro benzene ring substituents is 1. The van der Waals surface area contributed by atoms with Crippen LogP contribution in [-0.2, 0) is 9.59 Å². The number of anilines is 1. The van der Waals surface area contributed by atoms with Crippen molar-refractivity contribution in [1.82, 2.24) is 10.2 Å². The van der Waals surface area contributed by atoms with Crippen LogP contribution in [-0.4, -0.2) is 70.0 Å². The minimum atomic E-state index is -0.660. The average Bonchev–Trinajstić information content (AvgIpc) is 3.35. The molecule has 3 fully saturated rings. The Labute approximate surface area is 177 Å². The van der Waals surface area contributed by atoms with Crippen molar-refractivity contribution in [2.24, 2.45) is 0 Å². The zero-order valence-electron chi connectivity index (χ0n) is 17.1. The van der Waals surface area contributed by atoms with E-state index in [0.717, 1.165) is 4.90 Å². The van der Waals surface area contributed by atoms with Crippen LogP contribution in [0.3, 0.4) is 0 Å². The second kappa shape index (κ2) is 6.56. The quantitative estimate of drug-likeness (QED) is 0.345. The van der Waals surface area contributed by atoms with Gasteiger partial charge >= 0.3 is 6.03 Å². The molecule has 3 heterocycles. The molecule has 160 valence electrons. The number of nitro groups is 1. The maximum absolute atomic E-state index is 13.8. The first-order valence-corrected chi connectivity index (χ1v) is 10.2. The molecule has 3 aliphatic rings. The lowest BCUT2D eigenvalue weighted by Gasteiger charge is -2.33. The second-order valence-electron chi connectivity index (χ2n) is 8.67. The van der Waals surface area contributed by atoms with E-state index in [1.54, 1.807) is 24.3 Å². The summed E-state index contributed by atoms with van der Waals surface area (Å²) >= 11 is 0. The number of nitrogens with zero attached hydrogens (tertiary/aromatic N) is 4. The Morgan fingerprint density at radius 1 is 1.16 bits per heavy atom. The fraction of sp³-hybridized carbons (Fsp3) is 0.381. The Hall–Kier alpha value is -3.37. The molecule has 31 heavy (non-hydrogen) atoms. The molecule has 4 atom stereocenters. The molecule has 3 aliphatic heterocycles. The number of carbonyl (C=O) groups excluding carboxylic acids is 3. The maximum atomic E-state index is 13.8. The van der Waals surface area contributed by atoms with Gasteiger partial charge in [0.15, 0.2) is 12.1 Å². The van der Waals surface area contributed by atoms with E-state index in [1.807, 2.05) is 18.7 Å². The van der Waals surface area contributed by atoms with E-state index in [0.29, 0.717) is 36.2 Å². The number of hydrogen-bond donors (Lipinski definition) is 1. The SMILES string of the molecule is CC(C)NC(=O)C1C[N@@]2CC3C(=O)N(c4ccc([N+](=O)[O-])c5ccccc45)C(=O)[N+]13C2. The number of quaternary nitrogens is 1. The van der Waals surface area contributed by atoms with Gasteiger partial charge in [-0.05, 0) is 26.0 Å². The lowest BCUT2D eigenvalue weighted by Crippen LogP contribution is -2.64. The van der Waals surface area contributed by atoms with E-state index < -0.39 is 23.0 Å². The number of imide groups is 1. The van der Waals surface area contributed by atoms with Crippen molar-refractivity contribution in [3.05, 3.63) is 46.5 Å². The van der Waals surface area contributed by atoms with Crippen molar-refractivity contribution in [3.63, 3.8) is 0 Å². The first-order valence-electron chi connectivity index (χ1n) is 10.2. The van der Waals surface area contributed by atoms with E-state index in [9.17, 15) is 24.5 Å². The van der Waals surface area contributed by atoms with Crippen molar-refractivity contribution < 1.29 is 23.8 Å². The summed E-state index contributed by atoms with van der Waals surface area (Å²) in [7, 11) is 0. The van der Waals surface area contributed by atoms with Crippen LogP contribution in [0.1, 0.15) is 13.8 Å². The Kier molecular flexibility index (Phi) is 4.15. The molecule has 2 aromatic rings. The monoisotopic (exact) mass is 424 g/mol. The van der Waals surface area contributed by atoms with E-state index in [1.165, 1.54) is 12.1 Å².